The van der Waals surface area contributed by atoms with Crippen LogP contribution in [0.2, 0.25) is 0 Å². The lowest BCUT2D eigenvalue weighted by Gasteiger charge is -2.17. The molecule has 0 radical (unpaired) electrons. The number of carbonyl (C=O) groups is 1. The van der Waals surface area contributed by atoms with Gasteiger partial charge in [0.2, 0.25) is 5.91 Å². The number of aliphatic imine (C=N–C) groups is 1. The highest BCUT2D eigenvalue weighted by atomic mass is 32.2. The van der Waals surface area contributed by atoms with Crippen molar-refractivity contribution in [3.05, 3.63) is 29.8 Å². The molecule has 2 unspecified atom stereocenters. The van der Waals surface area contributed by atoms with E-state index in [-0.39, 0.29) is 22.7 Å². The number of amidine groups is 1. The number of carbonyl (C=O) groups excluding carboxylic acids is 1. The Morgan fingerprint density at radius 2 is 2.12 bits per heavy atom. The molecule has 25 heavy (non-hydrogen) atoms. The van der Waals surface area contributed by atoms with E-state index in [0.717, 1.165) is 5.75 Å². The van der Waals surface area contributed by atoms with E-state index in [1.165, 1.54) is 6.07 Å². The zero-order chi connectivity index (χ0) is 18.4. The summed E-state index contributed by atoms with van der Waals surface area (Å²) < 4.78 is 31.8. The van der Waals surface area contributed by atoms with Crippen LogP contribution in [0.3, 0.4) is 0 Å². The molecule has 9 heteroatoms. The molecule has 7 nitrogen and oxygen atoms in total. The Balaban J connectivity index is 2.27. The average Bonchev–Trinajstić information content (AvgIpc) is 2.82. The number of sulfonamides is 1. The molecule has 2 rings (SSSR count). The number of methoxy groups -OCH3 is 1. The number of benzene rings is 1. The average molecular weight is 386 g/mol. The number of hydrogen-bond donors (Lipinski definition) is 2. The fourth-order valence-electron chi connectivity index (χ4n) is 2.50. The lowest BCUT2D eigenvalue weighted by molar-refractivity contribution is -0.123. The Bertz CT molecular complexity index is 750. The van der Waals surface area contributed by atoms with Crippen LogP contribution in [-0.4, -0.2) is 58.0 Å². The van der Waals surface area contributed by atoms with E-state index in [1.54, 1.807) is 37.1 Å². The molecular weight excluding hydrogens is 362 g/mol. The molecule has 2 N–H and O–H groups in total. The first-order chi connectivity index (χ1) is 11.9. The summed E-state index contributed by atoms with van der Waals surface area (Å²) in [5.74, 6) is 0.716. The second-order valence-corrected chi connectivity index (χ2v) is 8.38. The van der Waals surface area contributed by atoms with E-state index in [0.29, 0.717) is 18.6 Å². The molecule has 0 aromatic heterocycles. The van der Waals surface area contributed by atoms with Gasteiger partial charge in [-0.05, 0) is 37.5 Å². The zero-order valence-corrected chi connectivity index (χ0v) is 16.1. The topological polar surface area (TPSA) is 96.9 Å². The highest BCUT2D eigenvalue weighted by molar-refractivity contribution is 7.98. The van der Waals surface area contributed by atoms with Crippen LogP contribution in [0.5, 0.6) is 0 Å². The minimum atomic E-state index is -3.62. The molecule has 1 amide bonds. The lowest BCUT2D eigenvalue weighted by atomic mass is 10.1. The highest BCUT2D eigenvalue weighted by Crippen LogP contribution is 2.23. The number of amides is 1. The number of nitrogens with zero attached hydrogens (tertiary/aromatic N) is 1. The van der Waals surface area contributed by atoms with Crippen LogP contribution >= 0.6 is 11.8 Å². The SMILES string of the molecule is COCC(C)NC(=O)C(CCSC)N=C1NS(=O)(=O)c2ccccc21. The molecule has 0 bridgehead atoms. The van der Waals surface area contributed by atoms with Gasteiger partial charge in [-0.15, -0.1) is 0 Å². The largest absolute Gasteiger partial charge is 0.383 e. The van der Waals surface area contributed by atoms with Gasteiger partial charge in [0.25, 0.3) is 10.0 Å². The minimum absolute atomic E-state index is 0.151. The van der Waals surface area contributed by atoms with Crippen LogP contribution < -0.4 is 10.0 Å². The van der Waals surface area contributed by atoms with Gasteiger partial charge in [-0.3, -0.25) is 14.5 Å². The van der Waals surface area contributed by atoms with Crippen LogP contribution in [0.25, 0.3) is 0 Å². The molecule has 0 aliphatic carbocycles. The second-order valence-electron chi connectivity index (χ2n) is 5.74. The van der Waals surface area contributed by atoms with Crippen LogP contribution in [0, 0.1) is 0 Å². The lowest BCUT2D eigenvalue weighted by Crippen LogP contribution is -2.42. The summed E-state index contributed by atoms with van der Waals surface area (Å²) in [6, 6.07) is 5.79. The van der Waals surface area contributed by atoms with Crippen molar-refractivity contribution in [3.8, 4) is 0 Å². The Morgan fingerprint density at radius 3 is 2.80 bits per heavy atom. The smallest absolute Gasteiger partial charge is 0.263 e. The van der Waals surface area contributed by atoms with Gasteiger partial charge in [0, 0.05) is 18.7 Å². The van der Waals surface area contributed by atoms with Gasteiger partial charge >= 0.3 is 0 Å². The Kier molecular flexibility index (Phi) is 6.86. The van der Waals surface area contributed by atoms with Gasteiger partial charge in [-0.25, -0.2) is 8.42 Å². The third-order valence-electron chi connectivity index (χ3n) is 3.65. The molecule has 1 aliphatic rings. The molecule has 0 saturated carbocycles. The number of ether oxygens (including phenoxy) is 1. The molecule has 138 valence electrons. The summed E-state index contributed by atoms with van der Waals surface area (Å²) in [6.45, 7) is 2.24. The summed E-state index contributed by atoms with van der Waals surface area (Å²) in [5, 5.41) is 2.85. The normalized spacial score (nSPS) is 19.1. The van der Waals surface area contributed by atoms with Gasteiger partial charge in [-0.1, -0.05) is 12.1 Å². The van der Waals surface area contributed by atoms with Crippen molar-refractivity contribution in [3.63, 3.8) is 0 Å². The van der Waals surface area contributed by atoms with Gasteiger partial charge in [0.05, 0.1) is 11.5 Å². The van der Waals surface area contributed by atoms with E-state index in [1.807, 2.05) is 13.2 Å². The number of nitrogens with one attached hydrogen (secondary N) is 2. The number of fused-ring (bicyclic) bond motifs is 1. The molecule has 1 heterocycles. The van der Waals surface area contributed by atoms with Crippen molar-refractivity contribution in [1.82, 2.24) is 10.0 Å². The number of hydrogen-bond acceptors (Lipinski definition) is 6. The first-order valence-electron chi connectivity index (χ1n) is 7.87. The molecule has 0 saturated heterocycles. The van der Waals surface area contributed by atoms with E-state index >= 15 is 0 Å². The number of rotatable bonds is 8. The van der Waals surface area contributed by atoms with Crippen molar-refractivity contribution in [1.29, 1.82) is 0 Å². The minimum Gasteiger partial charge on any atom is -0.383 e. The molecule has 1 aromatic rings. The fraction of sp³-hybridized carbons (Fsp3) is 0.500. The predicted octanol–water partition coefficient (Wildman–Crippen LogP) is 0.998. The van der Waals surface area contributed by atoms with Crippen molar-refractivity contribution in [2.45, 2.75) is 30.3 Å². The monoisotopic (exact) mass is 385 g/mol. The van der Waals surface area contributed by atoms with Crippen LogP contribution in [0.1, 0.15) is 18.9 Å². The summed E-state index contributed by atoms with van der Waals surface area (Å²) in [7, 11) is -2.05. The Hall–Kier alpha value is -1.58. The van der Waals surface area contributed by atoms with Crippen LogP contribution in [0.15, 0.2) is 34.2 Å². The third-order valence-corrected chi connectivity index (χ3v) is 5.69. The van der Waals surface area contributed by atoms with Crippen LogP contribution in [-0.2, 0) is 19.6 Å². The van der Waals surface area contributed by atoms with Gasteiger partial charge in [-0.2, -0.15) is 11.8 Å². The van der Waals surface area contributed by atoms with E-state index in [4.69, 9.17) is 4.74 Å². The first-order valence-corrected chi connectivity index (χ1v) is 10.7. The zero-order valence-electron chi connectivity index (χ0n) is 14.5. The summed E-state index contributed by atoms with van der Waals surface area (Å²) in [5.41, 5.74) is 0.495. The van der Waals surface area contributed by atoms with Crippen LogP contribution in [0.4, 0.5) is 0 Å². The van der Waals surface area contributed by atoms with Gasteiger partial charge < -0.3 is 10.1 Å². The maximum atomic E-state index is 12.5. The molecule has 0 fully saturated rings. The summed E-state index contributed by atoms with van der Waals surface area (Å²) >= 11 is 1.61. The maximum absolute atomic E-state index is 12.5. The van der Waals surface area contributed by atoms with Gasteiger partial charge in [0.1, 0.15) is 11.9 Å². The quantitative estimate of drug-likeness (QED) is 0.696. The third kappa shape index (κ3) is 4.96. The highest BCUT2D eigenvalue weighted by Gasteiger charge is 2.31. The van der Waals surface area contributed by atoms with E-state index in [2.05, 4.69) is 15.0 Å². The standard InChI is InChI=1S/C16H23N3O4S2/c1-11(10-23-2)17-16(20)13(8-9-24-3)18-15-12-6-4-5-7-14(12)25(21,22)19-15/h4-7,11,13H,8-10H2,1-3H3,(H,17,20)(H,18,19). The first kappa shape index (κ1) is 19.7. The molecule has 2 atom stereocenters. The van der Waals surface area contributed by atoms with E-state index in [9.17, 15) is 13.2 Å². The van der Waals surface area contributed by atoms with Crippen molar-refractivity contribution >= 4 is 33.5 Å². The second kappa shape index (κ2) is 8.68. The van der Waals surface area contributed by atoms with Crippen molar-refractivity contribution < 1.29 is 17.9 Å². The maximum Gasteiger partial charge on any atom is 0.263 e. The summed E-state index contributed by atoms with van der Waals surface area (Å²) in [4.78, 5) is 17.1. The number of thioether (sulfide) groups is 1. The van der Waals surface area contributed by atoms with E-state index < -0.39 is 16.1 Å². The van der Waals surface area contributed by atoms with Crippen molar-refractivity contribution in [2.75, 3.05) is 25.7 Å². The molecule has 0 spiro atoms. The molecular formula is C16H23N3O4S2. The summed E-state index contributed by atoms with van der Waals surface area (Å²) in [6.07, 6.45) is 2.46. The Labute approximate surface area is 152 Å². The Morgan fingerprint density at radius 1 is 1.40 bits per heavy atom. The fourth-order valence-corrected chi connectivity index (χ4v) is 4.20. The van der Waals surface area contributed by atoms with Gasteiger partial charge in [0.15, 0.2) is 0 Å². The predicted molar refractivity (Wildman–Crippen MR) is 99.6 cm³/mol. The van der Waals surface area contributed by atoms with Crippen molar-refractivity contribution in [2.24, 2.45) is 4.99 Å². The molecule has 1 aliphatic heterocycles. The molecule has 1 aromatic carbocycles.